The summed E-state index contributed by atoms with van der Waals surface area (Å²) in [7, 11) is 1.20. The van der Waals surface area contributed by atoms with Crippen molar-refractivity contribution in [3.63, 3.8) is 0 Å². The van der Waals surface area contributed by atoms with Crippen LogP contribution in [-0.2, 0) is 0 Å². The topological polar surface area (TPSA) is 63.0 Å². The van der Waals surface area contributed by atoms with Gasteiger partial charge in [0.2, 0.25) is 5.88 Å². The molecule has 78 valence electrons. The Bertz CT molecular complexity index is 427. The fraction of sp³-hybridized carbons (Fsp3) is 0.222. The number of aromatic nitrogens is 1. The number of alkyl halides is 2. The minimum Gasteiger partial charge on any atom is -0.480 e. The molecule has 4 nitrogen and oxygen atoms in total. The number of methoxy groups -OCH3 is 1. The van der Waals surface area contributed by atoms with Gasteiger partial charge in [0, 0.05) is 6.20 Å². The maximum Gasteiger partial charge on any atom is 0.266 e. The Kier molecular flexibility index (Phi) is 3.29. The summed E-state index contributed by atoms with van der Waals surface area (Å²) in [5, 5.41) is 8.57. The zero-order chi connectivity index (χ0) is 11.4. The smallest absolute Gasteiger partial charge is 0.266 e. The van der Waals surface area contributed by atoms with E-state index in [-0.39, 0.29) is 23.3 Å². The monoisotopic (exact) mass is 212 g/mol. The Morgan fingerprint density at radius 1 is 1.67 bits per heavy atom. The molecule has 1 heterocycles. The van der Waals surface area contributed by atoms with Gasteiger partial charge in [0.25, 0.3) is 6.43 Å². The van der Waals surface area contributed by atoms with Crippen molar-refractivity contribution in [3.8, 4) is 11.9 Å². The van der Waals surface area contributed by atoms with E-state index in [2.05, 4.69) is 9.72 Å². The van der Waals surface area contributed by atoms with Crippen molar-refractivity contribution in [3.05, 3.63) is 22.9 Å². The molecule has 1 rings (SSSR count). The highest BCUT2D eigenvalue weighted by Crippen LogP contribution is 2.29. The summed E-state index contributed by atoms with van der Waals surface area (Å²) in [6.45, 7) is 0. The number of halogens is 2. The molecular weight excluding hydrogens is 206 g/mol. The maximum atomic E-state index is 12.6. The highest BCUT2D eigenvalue weighted by Gasteiger charge is 2.22. The summed E-state index contributed by atoms with van der Waals surface area (Å²) in [5.41, 5.74) is -1.35. The van der Waals surface area contributed by atoms with Crippen LogP contribution in [0.2, 0.25) is 0 Å². The first-order valence-electron chi connectivity index (χ1n) is 3.86. The second-order valence-electron chi connectivity index (χ2n) is 2.54. The minimum atomic E-state index is -2.92. The number of carbonyl (C=O) groups excluding carboxylic acids is 1. The van der Waals surface area contributed by atoms with Gasteiger partial charge >= 0.3 is 0 Å². The number of hydrogen-bond donors (Lipinski definition) is 0. The molecule has 0 saturated carbocycles. The zero-order valence-corrected chi connectivity index (χ0v) is 7.70. The number of nitrogens with zero attached hydrogens (tertiary/aromatic N) is 2. The van der Waals surface area contributed by atoms with Crippen LogP contribution in [0.3, 0.4) is 0 Å². The third kappa shape index (κ3) is 1.91. The number of hydrogen-bond acceptors (Lipinski definition) is 4. The van der Waals surface area contributed by atoms with E-state index in [1.54, 1.807) is 6.07 Å². The lowest BCUT2D eigenvalue weighted by Gasteiger charge is -2.08. The predicted molar refractivity (Wildman–Crippen MR) is 45.8 cm³/mol. The molecule has 0 spiro atoms. The first kappa shape index (κ1) is 11.0. The summed E-state index contributed by atoms with van der Waals surface area (Å²) in [6.07, 6.45) is -1.77. The highest BCUT2D eigenvalue weighted by atomic mass is 19.3. The molecule has 0 amide bonds. The molecule has 1 aromatic rings. The van der Waals surface area contributed by atoms with E-state index >= 15 is 0 Å². The van der Waals surface area contributed by atoms with Crippen molar-refractivity contribution < 1.29 is 18.3 Å². The molecule has 0 aliphatic carbocycles. The second kappa shape index (κ2) is 4.46. The molecular formula is C9H6F2N2O2. The lowest BCUT2D eigenvalue weighted by atomic mass is 10.1. The standard InChI is InChI=1S/C9H6F2N2O2/c1-15-9-6(4-14)7(8(10)11)5(2-12)3-13-9/h3-4,8H,1H3. The van der Waals surface area contributed by atoms with Crippen LogP contribution in [0.5, 0.6) is 5.88 Å². The average molecular weight is 212 g/mol. The van der Waals surface area contributed by atoms with Gasteiger partial charge in [0.15, 0.2) is 6.29 Å². The van der Waals surface area contributed by atoms with Crippen LogP contribution in [0, 0.1) is 11.3 Å². The van der Waals surface area contributed by atoms with E-state index in [4.69, 9.17) is 5.26 Å². The van der Waals surface area contributed by atoms with E-state index in [1.807, 2.05) is 0 Å². The summed E-state index contributed by atoms with van der Waals surface area (Å²) in [6, 6.07) is 1.55. The van der Waals surface area contributed by atoms with Crippen molar-refractivity contribution in [2.75, 3.05) is 7.11 Å². The maximum absolute atomic E-state index is 12.6. The van der Waals surface area contributed by atoms with Crippen molar-refractivity contribution in [2.45, 2.75) is 6.43 Å². The van der Waals surface area contributed by atoms with Crippen LogP contribution in [0.4, 0.5) is 8.78 Å². The molecule has 0 radical (unpaired) electrons. The molecule has 0 fully saturated rings. The lowest BCUT2D eigenvalue weighted by Crippen LogP contribution is -2.03. The van der Waals surface area contributed by atoms with Crippen LogP contribution in [0.25, 0.3) is 0 Å². The van der Waals surface area contributed by atoms with Gasteiger partial charge in [0.05, 0.1) is 23.8 Å². The molecule has 0 aliphatic rings. The zero-order valence-electron chi connectivity index (χ0n) is 7.70. The first-order valence-corrected chi connectivity index (χ1v) is 3.86. The lowest BCUT2D eigenvalue weighted by molar-refractivity contribution is 0.110. The summed E-state index contributed by atoms with van der Waals surface area (Å²) >= 11 is 0. The Morgan fingerprint density at radius 3 is 2.73 bits per heavy atom. The van der Waals surface area contributed by atoms with Gasteiger partial charge in [-0.15, -0.1) is 0 Å². The number of carbonyl (C=O) groups is 1. The van der Waals surface area contributed by atoms with E-state index in [0.717, 1.165) is 6.20 Å². The summed E-state index contributed by atoms with van der Waals surface area (Å²) in [4.78, 5) is 14.2. The van der Waals surface area contributed by atoms with Gasteiger partial charge in [0.1, 0.15) is 6.07 Å². The summed E-state index contributed by atoms with van der Waals surface area (Å²) in [5.74, 6) is -0.209. The van der Waals surface area contributed by atoms with E-state index in [0.29, 0.717) is 0 Å². The number of nitriles is 1. The van der Waals surface area contributed by atoms with Crippen molar-refractivity contribution in [1.29, 1.82) is 5.26 Å². The largest absolute Gasteiger partial charge is 0.480 e. The molecule has 0 atom stereocenters. The van der Waals surface area contributed by atoms with Gasteiger partial charge in [-0.25, -0.2) is 13.8 Å². The fourth-order valence-electron chi connectivity index (χ4n) is 1.12. The van der Waals surface area contributed by atoms with Crippen LogP contribution in [-0.4, -0.2) is 18.4 Å². The molecule has 0 unspecified atom stereocenters. The molecule has 15 heavy (non-hydrogen) atoms. The molecule has 0 N–H and O–H groups in total. The van der Waals surface area contributed by atoms with Crippen molar-refractivity contribution in [1.82, 2.24) is 4.98 Å². The third-order valence-corrected chi connectivity index (χ3v) is 1.77. The molecule has 0 aromatic carbocycles. The van der Waals surface area contributed by atoms with Crippen LogP contribution in [0.15, 0.2) is 6.20 Å². The number of rotatable bonds is 3. The Morgan fingerprint density at radius 2 is 2.33 bits per heavy atom. The average Bonchev–Trinajstić information content (AvgIpc) is 2.26. The molecule has 0 aliphatic heterocycles. The third-order valence-electron chi connectivity index (χ3n) is 1.77. The normalized spacial score (nSPS) is 9.80. The molecule has 0 bridgehead atoms. The number of ether oxygens (including phenoxy) is 1. The van der Waals surface area contributed by atoms with Gasteiger partial charge in [-0.2, -0.15) is 5.26 Å². The van der Waals surface area contributed by atoms with Crippen LogP contribution < -0.4 is 4.74 Å². The SMILES string of the molecule is COc1ncc(C#N)c(C(F)F)c1C=O. The van der Waals surface area contributed by atoms with Crippen molar-refractivity contribution in [2.24, 2.45) is 0 Å². The molecule has 0 saturated heterocycles. The van der Waals surface area contributed by atoms with Gasteiger partial charge < -0.3 is 4.74 Å². The Balaban J connectivity index is 3.53. The fourth-order valence-corrected chi connectivity index (χ4v) is 1.12. The predicted octanol–water partition coefficient (Wildman–Crippen LogP) is 1.71. The van der Waals surface area contributed by atoms with Crippen LogP contribution >= 0.6 is 0 Å². The Labute approximate surface area is 84.1 Å². The van der Waals surface area contributed by atoms with Gasteiger partial charge in [-0.3, -0.25) is 4.79 Å². The van der Waals surface area contributed by atoms with E-state index < -0.39 is 12.0 Å². The number of aldehydes is 1. The second-order valence-corrected chi connectivity index (χ2v) is 2.54. The number of pyridine rings is 1. The summed E-state index contributed by atoms with van der Waals surface area (Å²) < 4.78 is 29.8. The highest BCUT2D eigenvalue weighted by molar-refractivity contribution is 5.82. The first-order chi connectivity index (χ1) is 7.15. The Hall–Kier alpha value is -2.03. The van der Waals surface area contributed by atoms with E-state index in [1.165, 1.54) is 7.11 Å². The van der Waals surface area contributed by atoms with Gasteiger partial charge in [-0.1, -0.05) is 0 Å². The molecule has 6 heteroatoms. The minimum absolute atomic E-state index is 0.203. The van der Waals surface area contributed by atoms with E-state index in [9.17, 15) is 13.6 Å². The quantitative estimate of drug-likeness (QED) is 0.715. The van der Waals surface area contributed by atoms with Crippen LogP contribution in [0.1, 0.15) is 27.9 Å². The van der Waals surface area contributed by atoms with Gasteiger partial charge in [-0.05, 0) is 0 Å². The van der Waals surface area contributed by atoms with Crippen molar-refractivity contribution >= 4 is 6.29 Å². The molecule has 1 aromatic heterocycles.